The highest BCUT2D eigenvalue weighted by molar-refractivity contribution is 6.31. The first kappa shape index (κ1) is 27.2. The number of nitrogens with one attached hydrogen (secondary N) is 1. The van der Waals surface area contributed by atoms with Crippen LogP contribution in [0.4, 0.5) is 5.69 Å². The molecule has 1 heterocycles. The molecule has 4 rings (SSSR count). The Kier molecular flexibility index (Phi) is 9.36. The van der Waals surface area contributed by atoms with E-state index in [9.17, 15) is 9.59 Å². The first-order chi connectivity index (χ1) is 18.4. The van der Waals surface area contributed by atoms with Crippen LogP contribution in [-0.2, 0) is 4.79 Å². The molecule has 3 aromatic carbocycles. The molecule has 1 N–H and O–H groups in total. The van der Waals surface area contributed by atoms with Crippen LogP contribution in [0.1, 0.15) is 46.3 Å². The summed E-state index contributed by atoms with van der Waals surface area (Å²) < 4.78 is 11.6. The third kappa shape index (κ3) is 7.34. The molecular formula is C30H30ClN3O4. The number of anilines is 1. The SMILES string of the molecule is Cc1cc(OCCCN2CCCC2)ccc1NC(=O)COc1ccc(Cl)cc1C(=O)c1cccc(C#N)c1. The summed E-state index contributed by atoms with van der Waals surface area (Å²) in [7, 11) is 0. The minimum atomic E-state index is -0.368. The fourth-order valence-corrected chi connectivity index (χ4v) is 4.54. The van der Waals surface area contributed by atoms with E-state index in [0.717, 1.165) is 24.3 Å². The van der Waals surface area contributed by atoms with E-state index < -0.39 is 0 Å². The van der Waals surface area contributed by atoms with Gasteiger partial charge in [-0.15, -0.1) is 0 Å². The Bertz CT molecular complexity index is 1350. The van der Waals surface area contributed by atoms with Gasteiger partial charge in [0.2, 0.25) is 0 Å². The number of ketones is 1. The lowest BCUT2D eigenvalue weighted by molar-refractivity contribution is -0.118. The highest BCUT2D eigenvalue weighted by atomic mass is 35.5. The highest BCUT2D eigenvalue weighted by Crippen LogP contribution is 2.26. The quantitative estimate of drug-likeness (QED) is 0.254. The van der Waals surface area contributed by atoms with Gasteiger partial charge in [-0.3, -0.25) is 9.59 Å². The number of rotatable bonds is 11. The van der Waals surface area contributed by atoms with Gasteiger partial charge in [0.15, 0.2) is 12.4 Å². The zero-order valence-corrected chi connectivity index (χ0v) is 22.1. The summed E-state index contributed by atoms with van der Waals surface area (Å²) >= 11 is 6.12. The number of likely N-dealkylation sites (tertiary alicyclic amines) is 1. The monoisotopic (exact) mass is 531 g/mol. The van der Waals surface area contributed by atoms with Gasteiger partial charge in [0, 0.05) is 22.8 Å². The maximum atomic E-state index is 13.1. The van der Waals surface area contributed by atoms with Crippen molar-refractivity contribution in [3.8, 4) is 17.6 Å². The van der Waals surface area contributed by atoms with Gasteiger partial charge in [0.1, 0.15) is 11.5 Å². The van der Waals surface area contributed by atoms with Crippen LogP contribution < -0.4 is 14.8 Å². The topological polar surface area (TPSA) is 91.7 Å². The zero-order chi connectivity index (χ0) is 26.9. The van der Waals surface area contributed by atoms with E-state index in [1.54, 1.807) is 30.3 Å². The van der Waals surface area contributed by atoms with Crippen LogP contribution in [0.5, 0.6) is 11.5 Å². The molecule has 8 heteroatoms. The molecule has 0 atom stereocenters. The second-order valence-corrected chi connectivity index (χ2v) is 9.66. The van der Waals surface area contributed by atoms with Crippen molar-refractivity contribution in [3.05, 3.63) is 87.9 Å². The van der Waals surface area contributed by atoms with E-state index in [1.165, 1.54) is 38.1 Å². The standard InChI is InChI=1S/C30H30ClN3O4/c1-21-16-25(37-15-5-14-34-12-2-3-13-34)9-10-27(21)33-29(35)20-38-28-11-8-24(31)18-26(28)30(36)23-7-4-6-22(17-23)19-32/h4,6-11,16-18H,2-3,5,12-15,20H2,1H3,(H,33,35). The highest BCUT2D eigenvalue weighted by Gasteiger charge is 2.17. The fraction of sp³-hybridized carbons (Fsp3) is 0.300. The van der Waals surface area contributed by atoms with E-state index in [0.29, 0.717) is 28.4 Å². The Morgan fingerprint density at radius 3 is 2.63 bits per heavy atom. The molecule has 0 bridgehead atoms. The summed E-state index contributed by atoms with van der Waals surface area (Å²) in [5.41, 5.74) is 2.44. The van der Waals surface area contributed by atoms with Gasteiger partial charge in [-0.2, -0.15) is 5.26 Å². The smallest absolute Gasteiger partial charge is 0.262 e. The van der Waals surface area contributed by atoms with Gasteiger partial charge in [-0.1, -0.05) is 23.7 Å². The molecule has 7 nitrogen and oxygen atoms in total. The van der Waals surface area contributed by atoms with Crippen LogP contribution in [0.3, 0.4) is 0 Å². The molecule has 0 aromatic heterocycles. The van der Waals surface area contributed by atoms with E-state index in [2.05, 4.69) is 10.2 Å². The van der Waals surface area contributed by atoms with Gasteiger partial charge >= 0.3 is 0 Å². The summed E-state index contributed by atoms with van der Waals surface area (Å²) in [5.74, 6) is 0.272. The predicted octanol–water partition coefficient (Wildman–Crippen LogP) is 5.63. The molecule has 1 fully saturated rings. The van der Waals surface area contributed by atoms with Crippen molar-refractivity contribution in [1.29, 1.82) is 5.26 Å². The second-order valence-electron chi connectivity index (χ2n) is 9.23. The van der Waals surface area contributed by atoms with Gasteiger partial charge < -0.3 is 19.7 Å². The Labute approximate surface area is 227 Å². The summed E-state index contributed by atoms with van der Waals surface area (Å²) in [6.45, 7) is 5.68. The fourth-order valence-electron chi connectivity index (χ4n) is 4.37. The summed E-state index contributed by atoms with van der Waals surface area (Å²) in [4.78, 5) is 28.2. The van der Waals surface area contributed by atoms with Crippen LogP contribution in [0, 0.1) is 18.3 Å². The van der Waals surface area contributed by atoms with E-state index in [-0.39, 0.29) is 29.6 Å². The molecule has 3 aromatic rings. The van der Waals surface area contributed by atoms with Crippen LogP contribution in [0.2, 0.25) is 5.02 Å². The van der Waals surface area contributed by atoms with Gasteiger partial charge in [-0.25, -0.2) is 0 Å². The number of carbonyl (C=O) groups is 2. The summed E-state index contributed by atoms with van der Waals surface area (Å²) in [5, 5.41) is 12.3. The second kappa shape index (κ2) is 13.1. The Morgan fingerprint density at radius 2 is 1.87 bits per heavy atom. The van der Waals surface area contributed by atoms with Crippen molar-refractivity contribution >= 4 is 29.0 Å². The van der Waals surface area contributed by atoms with Crippen molar-refractivity contribution in [2.75, 3.05) is 38.2 Å². The molecule has 0 unspecified atom stereocenters. The van der Waals surface area contributed by atoms with Crippen molar-refractivity contribution < 1.29 is 19.1 Å². The van der Waals surface area contributed by atoms with Crippen LogP contribution in [0.15, 0.2) is 60.7 Å². The van der Waals surface area contributed by atoms with Crippen molar-refractivity contribution in [1.82, 2.24) is 4.90 Å². The molecule has 0 saturated carbocycles. The number of hydrogen-bond donors (Lipinski definition) is 1. The maximum Gasteiger partial charge on any atom is 0.262 e. The van der Waals surface area contributed by atoms with Crippen molar-refractivity contribution in [2.45, 2.75) is 26.2 Å². The Balaban J connectivity index is 1.32. The first-order valence-corrected chi connectivity index (χ1v) is 13.0. The molecule has 0 radical (unpaired) electrons. The molecular weight excluding hydrogens is 502 g/mol. The molecule has 0 aliphatic carbocycles. The molecule has 1 aliphatic heterocycles. The average molecular weight is 532 g/mol. The van der Waals surface area contributed by atoms with Crippen LogP contribution in [-0.4, -0.2) is 49.4 Å². The number of halogens is 1. The molecule has 1 aliphatic rings. The third-order valence-corrected chi connectivity index (χ3v) is 6.59. The molecule has 38 heavy (non-hydrogen) atoms. The molecule has 1 amide bonds. The normalized spacial score (nSPS) is 13.1. The molecule has 0 spiro atoms. The van der Waals surface area contributed by atoms with E-state index in [4.69, 9.17) is 26.3 Å². The average Bonchev–Trinajstić information content (AvgIpc) is 3.45. The number of ether oxygens (including phenoxy) is 2. The minimum Gasteiger partial charge on any atom is -0.494 e. The summed E-state index contributed by atoms with van der Waals surface area (Å²) in [6, 6.07) is 18.6. The van der Waals surface area contributed by atoms with Crippen LogP contribution in [0.25, 0.3) is 0 Å². The minimum absolute atomic E-state index is 0.211. The number of hydrogen-bond acceptors (Lipinski definition) is 6. The third-order valence-electron chi connectivity index (χ3n) is 6.36. The lowest BCUT2D eigenvalue weighted by atomic mass is 10.0. The van der Waals surface area contributed by atoms with Crippen LogP contribution >= 0.6 is 11.6 Å². The lowest BCUT2D eigenvalue weighted by Crippen LogP contribution is -2.22. The van der Waals surface area contributed by atoms with E-state index >= 15 is 0 Å². The largest absolute Gasteiger partial charge is 0.494 e. The molecule has 1 saturated heterocycles. The van der Waals surface area contributed by atoms with Crippen molar-refractivity contribution in [2.24, 2.45) is 0 Å². The Hall–Kier alpha value is -3.86. The Morgan fingerprint density at radius 1 is 1.05 bits per heavy atom. The lowest BCUT2D eigenvalue weighted by Gasteiger charge is -2.15. The number of amides is 1. The molecule has 196 valence electrons. The van der Waals surface area contributed by atoms with Gasteiger partial charge in [-0.05, 0) is 93.4 Å². The number of aryl methyl sites for hydroxylation is 1. The number of carbonyl (C=O) groups excluding carboxylic acids is 2. The zero-order valence-electron chi connectivity index (χ0n) is 21.3. The van der Waals surface area contributed by atoms with E-state index in [1.807, 2.05) is 31.2 Å². The first-order valence-electron chi connectivity index (χ1n) is 12.7. The maximum absolute atomic E-state index is 13.1. The summed E-state index contributed by atoms with van der Waals surface area (Å²) in [6.07, 6.45) is 3.55. The predicted molar refractivity (Wildman–Crippen MR) is 147 cm³/mol. The number of benzene rings is 3. The van der Waals surface area contributed by atoms with Crippen molar-refractivity contribution in [3.63, 3.8) is 0 Å². The number of nitriles is 1. The van der Waals surface area contributed by atoms with Gasteiger partial charge in [0.05, 0.1) is 23.8 Å². The van der Waals surface area contributed by atoms with Gasteiger partial charge in [0.25, 0.3) is 5.91 Å². The number of nitrogens with zero attached hydrogens (tertiary/aromatic N) is 2.